The van der Waals surface area contributed by atoms with Gasteiger partial charge in [-0.2, -0.15) is 0 Å². The highest BCUT2D eigenvalue weighted by molar-refractivity contribution is 5.85. The number of benzene rings is 1. The quantitative estimate of drug-likeness (QED) is 0.815. The molecule has 1 amide bonds. The molecule has 0 aromatic heterocycles. The average Bonchev–Trinajstić information content (AvgIpc) is 2.44. The number of amides is 1. The van der Waals surface area contributed by atoms with Crippen molar-refractivity contribution in [2.45, 2.75) is 25.9 Å². The lowest BCUT2D eigenvalue weighted by molar-refractivity contribution is -0.126. The van der Waals surface area contributed by atoms with Gasteiger partial charge in [0.15, 0.2) is 11.5 Å². The van der Waals surface area contributed by atoms with Crippen molar-refractivity contribution in [2.75, 3.05) is 21.3 Å². The number of hydrogen-bond acceptors (Lipinski definition) is 4. The van der Waals surface area contributed by atoms with E-state index in [9.17, 15) is 4.79 Å². The van der Waals surface area contributed by atoms with Crippen LogP contribution in [0.15, 0.2) is 18.2 Å². The first kappa shape index (κ1) is 15.3. The van der Waals surface area contributed by atoms with Crippen molar-refractivity contribution < 1.29 is 14.3 Å². The first-order valence-corrected chi connectivity index (χ1v) is 6.12. The molecule has 0 aliphatic heterocycles. The molecule has 0 unspecified atom stereocenters. The SMILES string of the molecule is CNC(C)(C)C(=O)NCc1ccc(OC)c(OC)c1. The molecule has 0 saturated heterocycles. The number of likely N-dealkylation sites (N-methyl/N-ethyl adjacent to an activating group) is 1. The fourth-order valence-electron chi connectivity index (χ4n) is 1.51. The lowest BCUT2D eigenvalue weighted by Crippen LogP contribution is -2.50. The highest BCUT2D eigenvalue weighted by Gasteiger charge is 2.24. The molecule has 1 rings (SSSR count). The van der Waals surface area contributed by atoms with Crippen molar-refractivity contribution in [2.24, 2.45) is 0 Å². The molecule has 0 fully saturated rings. The first-order chi connectivity index (χ1) is 8.94. The van der Waals surface area contributed by atoms with Crippen LogP contribution in [0, 0.1) is 0 Å². The van der Waals surface area contributed by atoms with Gasteiger partial charge in [-0.15, -0.1) is 0 Å². The molecule has 0 spiro atoms. The summed E-state index contributed by atoms with van der Waals surface area (Å²) in [4.78, 5) is 11.9. The Morgan fingerprint density at radius 2 is 1.84 bits per heavy atom. The van der Waals surface area contributed by atoms with Crippen LogP contribution in [0.2, 0.25) is 0 Å². The zero-order valence-electron chi connectivity index (χ0n) is 12.2. The molecule has 0 atom stereocenters. The maximum atomic E-state index is 11.9. The Labute approximate surface area is 114 Å². The monoisotopic (exact) mass is 266 g/mol. The van der Waals surface area contributed by atoms with Crippen LogP contribution < -0.4 is 20.1 Å². The summed E-state index contributed by atoms with van der Waals surface area (Å²) in [5, 5.41) is 5.84. The topological polar surface area (TPSA) is 59.6 Å². The lowest BCUT2D eigenvalue weighted by atomic mass is 10.1. The third-order valence-electron chi connectivity index (χ3n) is 3.09. The highest BCUT2D eigenvalue weighted by Crippen LogP contribution is 2.27. The van der Waals surface area contributed by atoms with Gasteiger partial charge in [0.1, 0.15) is 0 Å². The van der Waals surface area contributed by atoms with Crippen molar-refractivity contribution in [3.63, 3.8) is 0 Å². The molecule has 0 bridgehead atoms. The van der Waals surface area contributed by atoms with E-state index < -0.39 is 5.54 Å². The fourth-order valence-corrected chi connectivity index (χ4v) is 1.51. The van der Waals surface area contributed by atoms with Gasteiger partial charge in [0.05, 0.1) is 19.8 Å². The average molecular weight is 266 g/mol. The van der Waals surface area contributed by atoms with Crippen LogP contribution in [0.5, 0.6) is 11.5 Å². The lowest BCUT2D eigenvalue weighted by Gasteiger charge is -2.22. The Morgan fingerprint density at radius 3 is 2.37 bits per heavy atom. The molecule has 2 N–H and O–H groups in total. The number of rotatable bonds is 6. The molecule has 1 aromatic rings. The molecule has 0 aliphatic rings. The molecular weight excluding hydrogens is 244 g/mol. The Morgan fingerprint density at radius 1 is 1.21 bits per heavy atom. The van der Waals surface area contributed by atoms with Crippen LogP contribution in [0.1, 0.15) is 19.4 Å². The maximum Gasteiger partial charge on any atom is 0.239 e. The van der Waals surface area contributed by atoms with Crippen molar-refractivity contribution >= 4 is 5.91 Å². The molecule has 106 valence electrons. The van der Waals surface area contributed by atoms with Crippen LogP contribution in [0.4, 0.5) is 0 Å². The van der Waals surface area contributed by atoms with E-state index in [-0.39, 0.29) is 5.91 Å². The molecule has 0 aliphatic carbocycles. The summed E-state index contributed by atoms with van der Waals surface area (Å²) in [6, 6.07) is 5.57. The molecule has 1 aromatic carbocycles. The predicted molar refractivity (Wildman–Crippen MR) is 74.5 cm³/mol. The molecule has 0 saturated carbocycles. The molecular formula is C14H22N2O3. The van der Waals surface area contributed by atoms with Gasteiger partial charge in [0.2, 0.25) is 5.91 Å². The van der Waals surface area contributed by atoms with E-state index in [2.05, 4.69) is 10.6 Å². The minimum absolute atomic E-state index is 0.0511. The summed E-state index contributed by atoms with van der Waals surface area (Å²) in [6.45, 7) is 4.11. The number of hydrogen-bond donors (Lipinski definition) is 2. The molecule has 0 heterocycles. The van der Waals surface area contributed by atoms with E-state index in [1.54, 1.807) is 21.3 Å². The fraction of sp³-hybridized carbons (Fsp3) is 0.500. The first-order valence-electron chi connectivity index (χ1n) is 6.12. The minimum atomic E-state index is -0.587. The number of carbonyl (C=O) groups is 1. The van der Waals surface area contributed by atoms with Gasteiger partial charge in [0.25, 0.3) is 0 Å². The number of nitrogens with one attached hydrogen (secondary N) is 2. The van der Waals surface area contributed by atoms with Gasteiger partial charge in [-0.25, -0.2) is 0 Å². The zero-order valence-corrected chi connectivity index (χ0v) is 12.2. The largest absolute Gasteiger partial charge is 0.493 e. The zero-order chi connectivity index (χ0) is 14.5. The van der Waals surface area contributed by atoms with Crippen LogP contribution in [-0.2, 0) is 11.3 Å². The van der Waals surface area contributed by atoms with Gasteiger partial charge < -0.3 is 20.1 Å². The van der Waals surface area contributed by atoms with E-state index in [1.807, 2.05) is 32.0 Å². The maximum absolute atomic E-state index is 11.9. The van der Waals surface area contributed by atoms with Crippen molar-refractivity contribution in [3.8, 4) is 11.5 Å². The van der Waals surface area contributed by atoms with Gasteiger partial charge in [-0.05, 0) is 38.6 Å². The number of carbonyl (C=O) groups excluding carboxylic acids is 1. The van der Waals surface area contributed by atoms with Gasteiger partial charge in [-0.1, -0.05) is 6.07 Å². The second-order valence-corrected chi connectivity index (χ2v) is 4.75. The van der Waals surface area contributed by atoms with Gasteiger partial charge >= 0.3 is 0 Å². The third-order valence-corrected chi connectivity index (χ3v) is 3.09. The Balaban J connectivity index is 2.71. The molecule has 5 heteroatoms. The second kappa shape index (κ2) is 6.43. The van der Waals surface area contributed by atoms with E-state index in [1.165, 1.54) is 0 Å². The smallest absolute Gasteiger partial charge is 0.239 e. The Hall–Kier alpha value is -1.75. The summed E-state index contributed by atoms with van der Waals surface area (Å²) >= 11 is 0. The summed E-state index contributed by atoms with van der Waals surface area (Å²) in [6.07, 6.45) is 0. The van der Waals surface area contributed by atoms with Gasteiger partial charge in [-0.3, -0.25) is 4.79 Å². The third kappa shape index (κ3) is 3.86. The van der Waals surface area contributed by atoms with E-state index in [0.29, 0.717) is 18.0 Å². The van der Waals surface area contributed by atoms with E-state index in [0.717, 1.165) is 5.56 Å². The van der Waals surface area contributed by atoms with Crippen LogP contribution in [0.25, 0.3) is 0 Å². The number of methoxy groups -OCH3 is 2. The number of ether oxygens (including phenoxy) is 2. The molecule has 19 heavy (non-hydrogen) atoms. The predicted octanol–water partition coefficient (Wildman–Crippen LogP) is 1.32. The summed E-state index contributed by atoms with van der Waals surface area (Å²) in [7, 11) is 4.94. The van der Waals surface area contributed by atoms with Crippen molar-refractivity contribution in [1.82, 2.24) is 10.6 Å². The highest BCUT2D eigenvalue weighted by atomic mass is 16.5. The molecule has 0 radical (unpaired) electrons. The van der Waals surface area contributed by atoms with Crippen molar-refractivity contribution in [3.05, 3.63) is 23.8 Å². The summed E-state index contributed by atoms with van der Waals surface area (Å²) in [5.41, 5.74) is 0.370. The Bertz CT molecular complexity index is 444. The van der Waals surface area contributed by atoms with E-state index in [4.69, 9.17) is 9.47 Å². The second-order valence-electron chi connectivity index (χ2n) is 4.75. The summed E-state index contributed by atoms with van der Waals surface area (Å²) in [5.74, 6) is 1.28. The van der Waals surface area contributed by atoms with Crippen LogP contribution in [-0.4, -0.2) is 32.7 Å². The minimum Gasteiger partial charge on any atom is -0.493 e. The van der Waals surface area contributed by atoms with Crippen LogP contribution >= 0.6 is 0 Å². The standard InChI is InChI=1S/C14H22N2O3/c1-14(2,15-3)13(17)16-9-10-6-7-11(18-4)12(8-10)19-5/h6-8,15H,9H2,1-5H3,(H,16,17). The van der Waals surface area contributed by atoms with Crippen LogP contribution in [0.3, 0.4) is 0 Å². The van der Waals surface area contributed by atoms with E-state index >= 15 is 0 Å². The summed E-state index contributed by atoms with van der Waals surface area (Å²) < 4.78 is 10.4. The normalized spacial score (nSPS) is 11.0. The van der Waals surface area contributed by atoms with Crippen molar-refractivity contribution in [1.29, 1.82) is 0 Å². The Kier molecular flexibility index (Phi) is 5.18. The van der Waals surface area contributed by atoms with Gasteiger partial charge in [0, 0.05) is 6.54 Å². The molecule has 5 nitrogen and oxygen atoms in total.